The molecule has 1 aromatic rings. The number of methoxy groups -OCH3 is 1. The topological polar surface area (TPSA) is 67.6 Å². The van der Waals surface area contributed by atoms with Gasteiger partial charge in [-0.3, -0.25) is 10.2 Å². The van der Waals surface area contributed by atoms with Gasteiger partial charge in [0.15, 0.2) is 0 Å². The molecule has 1 amide bonds. The third-order valence-electron chi connectivity index (χ3n) is 2.69. The standard InChI is InChI=1S/C13H21N3O2/c1-16(8-4-7-13(17)15-14)10-11-5-3-6-12(9-11)18-2/h3,5-6,9H,4,7-8,10,14H2,1-2H3,(H,15,17). The number of carbonyl (C=O) groups is 1. The second kappa shape index (κ2) is 7.68. The summed E-state index contributed by atoms with van der Waals surface area (Å²) in [5.41, 5.74) is 3.32. The van der Waals surface area contributed by atoms with Crippen LogP contribution in [0.3, 0.4) is 0 Å². The molecule has 0 bridgehead atoms. The molecule has 100 valence electrons. The molecule has 0 aliphatic rings. The predicted molar refractivity (Wildman–Crippen MR) is 70.9 cm³/mol. The van der Waals surface area contributed by atoms with Gasteiger partial charge in [0, 0.05) is 13.0 Å². The van der Waals surface area contributed by atoms with E-state index in [1.165, 1.54) is 5.56 Å². The Balaban J connectivity index is 2.34. The zero-order valence-electron chi connectivity index (χ0n) is 11.0. The minimum absolute atomic E-state index is 0.121. The average Bonchev–Trinajstić information content (AvgIpc) is 2.38. The Labute approximate surface area is 108 Å². The van der Waals surface area contributed by atoms with Crippen LogP contribution in [-0.2, 0) is 11.3 Å². The normalized spacial score (nSPS) is 10.4. The molecule has 1 aromatic carbocycles. The Bertz CT molecular complexity index is 382. The molecular weight excluding hydrogens is 230 g/mol. The molecule has 0 atom stereocenters. The number of rotatable bonds is 7. The number of amides is 1. The summed E-state index contributed by atoms with van der Waals surface area (Å²) in [7, 11) is 3.69. The number of carbonyl (C=O) groups excluding carboxylic acids is 1. The Hall–Kier alpha value is -1.59. The number of nitrogens with one attached hydrogen (secondary N) is 1. The highest BCUT2D eigenvalue weighted by atomic mass is 16.5. The molecule has 1 rings (SSSR count). The van der Waals surface area contributed by atoms with Gasteiger partial charge in [-0.2, -0.15) is 0 Å². The maximum Gasteiger partial charge on any atom is 0.233 e. The van der Waals surface area contributed by atoms with Gasteiger partial charge in [-0.15, -0.1) is 0 Å². The Morgan fingerprint density at radius 2 is 2.28 bits per heavy atom. The summed E-state index contributed by atoms with van der Waals surface area (Å²) in [6.45, 7) is 1.69. The Kier molecular flexibility index (Phi) is 6.18. The van der Waals surface area contributed by atoms with Crippen LogP contribution in [0.2, 0.25) is 0 Å². The van der Waals surface area contributed by atoms with Gasteiger partial charge >= 0.3 is 0 Å². The van der Waals surface area contributed by atoms with Gasteiger partial charge in [0.2, 0.25) is 5.91 Å². The number of hydrazine groups is 1. The van der Waals surface area contributed by atoms with E-state index in [1.807, 2.05) is 25.2 Å². The van der Waals surface area contributed by atoms with E-state index in [1.54, 1.807) is 7.11 Å². The third-order valence-corrected chi connectivity index (χ3v) is 2.69. The molecule has 18 heavy (non-hydrogen) atoms. The fourth-order valence-electron chi connectivity index (χ4n) is 1.74. The van der Waals surface area contributed by atoms with Gasteiger partial charge in [-0.05, 0) is 37.7 Å². The summed E-state index contributed by atoms with van der Waals surface area (Å²) in [6, 6.07) is 7.98. The molecule has 0 aliphatic carbocycles. The molecule has 0 saturated heterocycles. The van der Waals surface area contributed by atoms with Crippen molar-refractivity contribution in [2.45, 2.75) is 19.4 Å². The fourth-order valence-corrected chi connectivity index (χ4v) is 1.74. The molecule has 0 spiro atoms. The monoisotopic (exact) mass is 251 g/mol. The second-order valence-electron chi connectivity index (χ2n) is 4.26. The number of benzene rings is 1. The summed E-state index contributed by atoms with van der Waals surface area (Å²) in [6.07, 6.45) is 1.25. The lowest BCUT2D eigenvalue weighted by Crippen LogP contribution is -2.30. The highest BCUT2D eigenvalue weighted by Crippen LogP contribution is 2.13. The maximum absolute atomic E-state index is 11.0. The van der Waals surface area contributed by atoms with Crippen LogP contribution in [0.5, 0.6) is 5.75 Å². The van der Waals surface area contributed by atoms with E-state index < -0.39 is 0 Å². The molecular formula is C13H21N3O2. The number of nitrogens with two attached hydrogens (primary N) is 1. The zero-order chi connectivity index (χ0) is 13.4. The minimum Gasteiger partial charge on any atom is -0.497 e. The van der Waals surface area contributed by atoms with Crippen molar-refractivity contribution in [3.05, 3.63) is 29.8 Å². The van der Waals surface area contributed by atoms with E-state index >= 15 is 0 Å². The van der Waals surface area contributed by atoms with Crippen LogP contribution in [0.4, 0.5) is 0 Å². The van der Waals surface area contributed by atoms with Crippen molar-refractivity contribution >= 4 is 5.91 Å². The summed E-state index contributed by atoms with van der Waals surface area (Å²) >= 11 is 0. The second-order valence-corrected chi connectivity index (χ2v) is 4.26. The summed E-state index contributed by atoms with van der Waals surface area (Å²) in [4.78, 5) is 13.1. The van der Waals surface area contributed by atoms with Crippen molar-refractivity contribution in [3.8, 4) is 5.75 Å². The molecule has 0 radical (unpaired) electrons. The van der Waals surface area contributed by atoms with Crippen LogP contribution in [0.15, 0.2) is 24.3 Å². The quantitative estimate of drug-likeness (QED) is 0.429. The molecule has 5 heteroatoms. The molecule has 0 aliphatic heterocycles. The first kappa shape index (κ1) is 14.5. The SMILES string of the molecule is COc1cccc(CN(C)CCCC(=O)NN)c1. The van der Waals surface area contributed by atoms with Gasteiger partial charge in [-0.1, -0.05) is 12.1 Å². The molecule has 0 unspecified atom stereocenters. The van der Waals surface area contributed by atoms with Crippen LogP contribution in [0.1, 0.15) is 18.4 Å². The third kappa shape index (κ3) is 5.16. The van der Waals surface area contributed by atoms with E-state index in [2.05, 4.69) is 16.4 Å². The van der Waals surface area contributed by atoms with Crippen molar-refractivity contribution in [2.24, 2.45) is 5.84 Å². The minimum atomic E-state index is -0.121. The van der Waals surface area contributed by atoms with Gasteiger partial charge in [0.1, 0.15) is 5.75 Å². The molecule has 0 saturated carbocycles. The van der Waals surface area contributed by atoms with Gasteiger partial charge < -0.3 is 9.64 Å². The number of nitrogens with zero attached hydrogens (tertiary/aromatic N) is 1. The predicted octanol–water partition coefficient (Wildman–Crippen LogP) is 0.897. The molecule has 0 heterocycles. The lowest BCUT2D eigenvalue weighted by Gasteiger charge is -2.16. The van der Waals surface area contributed by atoms with Crippen LogP contribution in [0.25, 0.3) is 0 Å². The van der Waals surface area contributed by atoms with E-state index in [-0.39, 0.29) is 5.91 Å². The molecule has 5 nitrogen and oxygen atoms in total. The summed E-state index contributed by atoms with van der Waals surface area (Å²) < 4.78 is 5.18. The van der Waals surface area contributed by atoms with Crippen molar-refractivity contribution < 1.29 is 9.53 Å². The smallest absolute Gasteiger partial charge is 0.233 e. The Morgan fingerprint density at radius 3 is 2.94 bits per heavy atom. The van der Waals surface area contributed by atoms with Crippen LogP contribution >= 0.6 is 0 Å². The first-order chi connectivity index (χ1) is 8.65. The number of hydrogen-bond donors (Lipinski definition) is 2. The number of ether oxygens (including phenoxy) is 1. The average molecular weight is 251 g/mol. The lowest BCUT2D eigenvalue weighted by molar-refractivity contribution is -0.121. The fraction of sp³-hybridized carbons (Fsp3) is 0.462. The molecule has 0 aromatic heterocycles. The van der Waals surface area contributed by atoms with Crippen molar-refractivity contribution in [3.63, 3.8) is 0 Å². The van der Waals surface area contributed by atoms with Gasteiger partial charge in [0.25, 0.3) is 0 Å². The van der Waals surface area contributed by atoms with E-state index in [0.717, 1.165) is 25.3 Å². The first-order valence-corrected chi connectivity index (χ1v) is 5.96. The Morgan fingerprint density at radius 1 is 1.50 bits per heavy atom. The zero-order valence-corrected chi connectivity index (χ0v) is 11.0. The summed E-state index contributed by atoms with van der Waals surface area (Å²) in [5.74, 6) is 5.76. The number of hydrogen-bond acceptors (Lipinski definition) is 4. The lowest BCUT2D eigenvalue weighted by atomic mass is 10.2. The largest absolute Gasteiger partial charge is 0.497 e. The van der Waals surface area contributed by atoms with Crippen LogP contribution in [0, 0.1) is 0 Å². The van der Waals surface area contributed by atoms with Crippen molar-refractivity contribution in [1.29, 1.82) is 0 Å². The van der Waals surface area contributed by atoms with E-state index in [9.17, 15) is 4.79 Å². The summed E-state index contributed by atoms with van der Waals surface area (Å²) in [5, 5.41) is 0. The van der Waals surface area contributed by atoms with E-state index in [4.69, 9.17) is 10.6 Å². The molecule has 3 N–H and O–H groups in total. The van der Waals surface area contributed by atoms with Crippen molar-refractivity contribution in [1.82, 2.24) is 10.3 Å². The molecule has 0 fully saturated rings. The van der Waals surface area contributed by atoms with Gasteiger partial charge in [-0.25, -0.2) is 5.84 Å². The maximum atomic E-state index is 11.0. The van der Waals surface area contributed by atoms with Crippen LogP contribution in [-0.4, -0.2) is 31.5 Å². The van der Waals surface area contributed by atoms with Crippen molar-refractivity contribution in [2.75, 3.05) is 20.7 Å². The van der Waals surface area contributed by atoms with Gasteiger partial charge in [0.05, 0.1) is 7.11 Å². The van der Waals surface area contributed by atoms with E-state index in [0.29, 0.717) is 6.42 Å². The highest BCUT2D eigenvalue weighted by Gasteiger charge is 2.03. The van der Waals surface area contributed by atoms with Crippen LogP contribution < -0.4 is 16.0 Å². The highest BCUT2D eigenvalue weighted by molar-refractivity contribution is 5.75. The first-order valence-electron chi connectivity index (χ1n) is 5.96.